The number of hydrogen-bond donors (Lipinski definition) is 1. The summed E-state index contributed by atoms with van der Waals surface area (Å²) in [5, 5.41) is 0.988. The summed E-state index contributed by atoms with van der Waals surface area (Å²) >= 11 is 0. The van der Waals surface area contributed by atoms with E-state index in [4.69, 9.17) is 0 Å². The first-order chi connectivity index (χ1) is 16.6. The number of H-pyrrole nitrogens is 1. The molecule has 2 aromatic carbocycles. The Morgan fingerprint density at radius 3 is 2.32 bits per heavy atom. The van der Waals surface area contributed by atoms with Gasteiger partial charge in [-0.3, -0.25) is 4.79 Å². The molecule has 6 rings (SSSR count). The number of aromatic nitrogens is 1. The van der Waals surface area contributed by atoms with E-state index in [0.717, 1.165) is 28.7 Å². The molecule has 1 aliphatic carbocycles. The fraction of sp³-hybridized carbons (Fsp3) is 0.483. The van der Waals surface area contributed by atoms with E-state index in [1.54, 1.807) is 12.1 Å². The van der Waals surface area contributed by atoms with Gasteiger partial charge in [0.05, 0.1) is 0 Å². The molecule has 1 atom stereocenters. The number of hydrogen-bond acceptors (Lipinski definition) is 3. The minimum Gasteiger partial charge on any atom is -0.361 e. The quantitative estimate of drug-likeness (QED) is 0.475. The van der Waals surface area contributed by atoms with Crippen LogP contribution in [0.1, 0.15) is 60.4 Å². The van der Waals surface area contributed by atoms with Crippen molar-refractivity contribution in [3.63, 3.8) is 0 Å². The van der Waals surface area contributed by atoms with Crippen LogP contribution in [-0.4, -0.2) is 60.8 Å². The summed E-state index contributed by atoms with van der Waals surface area (Å²) in [4.78, 5) is 18.6. The van der Waals surface area contributed by atoms with Crippen molar-refractivity contribution in [2.75, 3.05) is 39.8 Å². The topological polar surface area (TPSA) is 39.3 Å². The number of carbonyl (C=O) groups excluding carboxylic acids is 1. The number of aldehydes is 1. The number of fused-ring (bicyclic) bond motifs is 1. The fourth-order valence-corrected chi connectivity index (χ4v) is 4.94. The van der Waals surface area contributed by atoms with Crippen LogP contribution in [0.2, 0.25) is 0 Å². The summed E-state index contributed by atoms with van der Waals surface area (Å²) in [6.45, 7) is 6.18. The SMILES string of the molecule is C1CC1.CN1CCC(CN2CCC(c3ccc(F)cc3)CC2)C1.O=Cc1cccc2[nH]ccc12. The number of piperidine rings is 1. The van der Waals surface area contributed by atoms with E-state index in [9.17, 15) is 9.18 Å². The number of benzene rings is 2. The summed E-state index contributed by atoms with van der Waals surface area (Å²) in [5.41, 5.74) is 3.06. The highest BCUT2D eigenvalue weighted by Crippen LogP contribution is 2.29. The van der Waals surface area contributed by atoms with Gasteiger partial charge >= 0.3 is 0 Å². The second-order valence-corrected chi connectivity index (χ2v) is 10.0. The molecule has 5 heteroatoms. The van der Waals surface area contributed by atoms with Crippen LogP contribution in [0.5, 0.6) is 0 Å². The lowest BCUT2D eigenvalue weighted by Crippen LogP contribution is -2.37. The van der Waals surface area contributed by atoms with Gasteiger partial charge in [0.25, 0.3) is 0 Å². The largest absolute Gasteiger partial charge is 0.361 e. The summed E-state index contributed by atoms with van der Waals surface area (Å²) in [6.07, 6.45) is 11.0. The minimum atomic E-state index is -0.128. The number of likely N-dealkylation sites (tertiary alicyclic amines) is 2. The molecule has 3 fully saturated rings. The van der Waals surface area contributed by atoms with Gasteiger partial charge in [-0.05, 0) is 87.6 Å². The first kappa shape index (κ1) is 24.6. The van der Waals surface area contributed by atoms with E-state index in [0.29, 0.717) is 5.92 Å². The Morgan fingerprint density at radius 2 is 1.71 bits per heavy atom. The van der Waals surface area contributed by atoms with Crippen molar-refractivity contribution in [2.24, 2.45) is 5.92 Å². The summed E-state index contributed by atoms with van der Waals surface area (Å²) < 4.78 is 13.0. The van der Waals surface area contributed by atoms with Gasteiger partial charge in [0.2, 0.25) is 0 Å². The average molecular weight is 464 g/mol. The zero-order valence-electron chi connectivity index (χ0n) is 20.4. The number of carbonyl (C=O) groups is 1. The van der Waals surface area contributed by atoms with Gasteiger partial charge < -0.3 is 14.8 Å². The molecule has 0 amide bonds. The first-order valence-corrected chi connectivity index (χ1v) is 12.8. The lowest BCUT2D eigenvalue weighted by Gasteiger charge is -2.33. The van der Waals surface area contributed by atoms with E-state index in [1.807, 2.05) is 42.6 Å². The molecule has 3 aliphatic rings. The molecule has 0 radical (unpaired) electrons. The third-order valence-electron chi connectivity index (χ3n) is 7.04. The first-order valence-electron chi connectivity index (χ1n) is 12.8. The molecular formula is C29H38FN3O. The smallest absolute Gasteiger partial charge is 0.150 e. The molecular weight excluding hydrogens is 425 g/mol. The van der Waals surface area contributed by atoms with Crippen molar-refractivity contribution >= 4 is 17.2 Å². The van der Waals surface area contributed by atoms with E-state index in [1.165, 1.54) is 76.8 Å². The molecule has 2 saturated heterocycles. The van der Waals surface area contributed by atoms with Crippen LogP contribution >= 0.6 is 0 Å². The number of halogens is 1. The maximum Gasteiger partial charge on any atom is 0.150 e. The molecule has 4 nitrogen and oxygen atoms in total. The maximum absolute atomic E-state index is 13.0. The number of aromatic amines is 1. The van der Waals surface area contributed by atoms with Crippen molar-refractivity contribution in [1.29, 1.82) is 0 Å². The summed E-state index contributed by atoms with van der Waals surface area (Å²) in [5.74, 6) is 1.36. The van der Waals surface area contributed by atoms with Crippen LogP contribution in [0.4, 0.5) is 4.39 Å². The lowest BCUT2D eigenvalue weighted by atomic mass is 9.89. The molecule has 2 aliphatic heterocycles. The molecule has 3 heterocycles. The highest BCUT2D eigenvalue weighted by molar-refractivity contribution is 5.96. The predicted molar refractivity (Wildman–Crippen MR) is 138 cm³/mol. The average Bonchev–Trinajstić information content (AvgIpc) is 3.57. The van der Waals surface area contributed by atoms with Gasteiger partial charge in [0, 0.05) is 35.8 Å². The van der Waals surface area contributed by atoms with Crippen LogP contribution < -0.4 is 0 Å². The Kier molecular flexibility index (Phi) is 8.89. The normalized spacial score (nSPS) is 20.8. The van der Waals surface area contributed by atoms with Gasteiger partial charge in [-0.15, -0.1) is 0 Å². The zero-order valence-corrected chi connectivity index (χ0v) is 20.4. The van der Waals surface area contributed by atoms with E-state index in [2.05, 4.69) is 21.8 Å². The Balaban J connectivity index is 0.000000162. The van der Waals surface area contributed by atoms with Crippen molar-refractivity contribution in [3.05, 3.63) is 71.7 Å². The van der Waals surface area contributed by atoms with Gasteiger partial charge in [-0.1, -0.05) is 43.5 Å². The second kappa shape index (κ2) is 12.3. The van der Waals surface area contributed by atoms with Crippen LogP contribution in [0.3, 0.4) is 0 Å². The lowest BCUT2D eigenvalue weighted by molar-refractivity contribution is 0.112. The number of nitrogens with zero attached hydrogens (tertiary/aromatic N) is 2. The molecule has 1 unspecified atom stereocenters. The standard InChI is InChI=1S/C17H25FN2.C9H7NO.C3H6/c1-19-9-6-14(12-19)13-20-10-7-16(8-11-20)15-2-4-17(18)5-3-15;11-6-7-2-1-3-9-8(7)4-5-10-9;1-2-3-1/h2-5,14,16H,6-13H2,1H3;1-6,10H;1-3H2. The maximum atomic E-state index is 13.0. The second-order valence-electron chi connectivity index (χ2n) is 10.0. The number of nitrogens with one attached hydrogen (secondary N) is 1. The van der Waals surface area contributed by atoms with E-state index in [-0.39, 0.29) is 5.82 Å². The fourth-order valence-electron chi connectivity index (χ4n) is 4.94. The molecule has 34 heavy (non-hydrogen) atoms. The summed E-state index contributed by atoms with van der Waals surface area (Å²) in [6, 6.07) is 14.6. The Morgan fingerprint density at radius 1 is 0.971 bits per heavy atom. The Hall–Kier alpha value is -2.50. The van der Waals surface area contributed by atoms with Crippen LogP contribution in [0.25, 0.3) is 10.9 Å². The van der Waals surface area contributed by atoms with E-state index < -0.39 is 0 Å². The third-order valence-corrected chi connectivity index (χ3v) is 7.04. The predicted octanol–water partition coefficient (Wildman–Crippen LogP) is 6.11. The van der Waals surface area contributed by atoms with Gasteiger partial charge in [-0.2, -0.15) is 0 Å². The molecule has 1 saturated carbocycles. The highest BCUT2D eigenvalue weighted by Gasteiger charge is 2.25. The molecule has 1 N–H and O–H groups in total. The molecule has 182 valence electrons. The van der Waals surface area contributed by atoms with Gasteiger partial charge in [0.15, 0.2) is 6.29 Å². The Bertz CT molecular complexity index is 1020. The highest BCUT2D eigenvalue weighted by atomic mass is 19.1. The third kappa shape index (κ3) is 7.25. The van der Waals surface area contributed by atoms with E-state index >= 15 is 0 Å². The van der Waals surface area contributed by atoms with Crippen molar-refractivity contribution in [2.45, 2.75) is 44.4 Å². The van der Waals surface area contributed by atoms with Crippen molar-refractivity contribution in [3.8, 4) is 0 Å². The van der Waals surface area contributed by atoms with Crippen molar-refractivity contribution in [1.82, 2.24) is 14.8 Å². The molecule has 0 bridgehead atoms. The van der Waals surface area contributed by atoms with Crippen molar-refractivity contribution < 1.29 is 9.18 Å². The molecule has 0 spiro atoms. The molecule has 3 aromatic rings. The van der Waals surface area contributed by atoms with Gasteiger partial charge in [-0.25, -0.2) is 4.39 Å². The summed E-state index contributed by atoms with van der Waals surface area (Å²) in [7, 11) is 2.22. The number of rotatable bonds is 4. The van der Waals surface area contributed by atoms with Crippen LogP contribution in [0.15, 0.2) is 54.7 Å². The zero-order chi connectivity index (χ0) is 23.8. The van der Waals surface area contributed by atoms with Crippen LogP contribution in [-0.2, 0) is 0 Å². The monoisotopic (exact) mass is 463 g/mol. The van der Waals surface area contributed by atoms with Crippen LogP contribution in [0, 0.1) is 11.7 Å². The minimum absolute atomic E-state index is 0.128. The molecule has 1 aromatic heterocycles. The Labute approximate surface area is 203 Å². The van der Waals surface area contributed by atoms with Gasteiger partial charge in [0.1, 0.15) is 5.82 Å².